The van der Waals surface area contributed by atoms with Gasteiger partial charge in [0.25, 0.3) is 0 Å². The predicted octanol–water partition coefficient (Wildman–Crippen LogP) is 3.89. The lowest BCUT2D eigenvalue weighted by Gasteiger charge is -2.07. The van der Waals surface area contributed by atoms with Gasteiger partial charge in [0, 0.05) is 23.9 Å². The highest BCUT2D eigenvalue weighted by atomic mass is 32.1. The van der Waals surface area contributed by atoms with Crippen molar-refractivity contribution in [3.63, 3.8) is 0 Å². The van der Waals surface area contributed by atoms with Gasteiger partial charge in [0.1, 0.15) is 17.1 Å². The minimum Gasteiger partial charge on any atom is -0.374 e. The van der Waals surface area contributed by atoms with E-state index in [1.54, 1.807) is 6.20 Å². The molecule has 0 amide bonds. The summed E-state index contributed by atoms with van der Waals surface area (Å²) < 4.78 is 5.95. The lowest BCUT2D eigenvalue weighted by Crippen LogP contribution is -2.00. The maximum Gasteiger partial charge on any atom is 0.134 e. The van der Waals surface area contributed by atoms with Crippen molar-refractivity contribution in [1.29, 1.82) is 0 Å². The number of hydrogen-bond acceptors (Lipinski definition) is 4. The van der Waals surface area contributed by atoms with Gasteiger partial charge < -0.3 is 9.72 Å². The van der Waals surface area contributed by atoms with Crippen LogP contribution in [0, 0.1) is 4.64 Å². The molecule has 0 aliphatic heterocycles. The van der Waals surface area contributed by atoms with Crippen LogP contribution in [0.4, 0.5) is 0 Å². The molecule has 0 fully saturated rings. The molecule has 4 nitrogen and oxygen atoms in total. The highest BCUT2D eigenvalue weighted by molar-refractivity contribution is 7.71. The summed E-state index contributed by atoms with van der Waals surface area (Å²) in [6.45, 7) is 3.03. The summed E-state index contributed by atoms with van der Waals surface area (Å²) in [5.74, 6) is 0.741. The van der Waals surface area contributed by atoms with Gasteiger partial charge in [-0.05, 0) is 36.8 Å². The third kappa shape index (κ3) is 3.15. The van der Waals surface area contributed by atoms with Crippen molar-refractivity contribution in [2.24, 2.45) is 0 Å². The van der Waals surface area contributed by atoms with E-state index in [9.17, 15) is 0 Å². The molecule has 0 bridgehead atoms. The predicted molar refractivity (Wildman–Crippen MR) is 85.5 cm³/mol. The van der Waals surface area contributed by atoms with Gasteiger partial charge in [-0.15, -0.1) is 0 Å². The number of ether oxygens (including phenoxy) is 1. The Bertz CT molecular complexity index is 829. The fraction of sp³-hybridized carbons (Fsp3) is 0.188. The maximum atomic E-state index is 5.39. The van der Waals surface area contributed by atoms with E-state index >= 15 is 0 Å². The van der Waals surface area contributed by atoms with E-state index in [0.29, 0.717) is 17.9 Å². The number of fused-ring (bicyclic) bond motifs is 1. The van der Waals surface area contributed by atoms with Crippen molar-refractivity contribution in [2.45, 2.75) is 13.5 Å². The smallest absolute Gasteiger partial charge is 0.134 e. The summed E-state index contributed by atoms with van der Waals surface area (Å²) in [4.78, 5) is 11.9. The van der Waals surface area contributed by atoms with Crippen LogP contribution < -0.4 is 0 Å². The Kier molecular flexibility index (Phi) is 4.03. The van der Waals surface area contributed by atoms with Crippen LogP contribution in [0.2, 0.25) is 0 Å². The number of hydrogen-bond donors (Lipinski definition) is 1. The second kappa shape index (κ2) is 6.11. The molecular weight excluding hydrogens is 282 g/mol. The first-order chi connectivity index (χ1) is 10.3. The monoisotopic (exact) mass is 297 g/mol. The normalized spacial score (nSPS) is 10.9. The van der Waals surface area contributed by atoms with E-state index in [1.807, 2.05) is 37.3 Å². The molecule has 3 rings (SSSR count). The van der Waals surface area contributed by atoms with E-state index in [4.69, 9.17) is 17.0 Å². The Morgan fingerprint density at radius 1 is 1.24 bits per heavy atom. The van der Waals surface area contributed by atoms with Gasteiger partial charge >= 0.3 is 0 Å². The number of benzene rings is 1. The van der Waals surface area contributed by atoms with Gasteiger partial charge in [-0.2, -0.15) is 0 Å². The number of nitrogens with zero attached hydrogens (tertiary/aromatic N) is 2. The number of aromatic nitrogens is 3. The summed E-state index contributed by atoms with van der Waals surface area (Å²) in [7, 11) is 0. The Hall–Kier alpha value is -2.11. The summed E-state index contributed by atoms with van der Waals surface area (Å²) in [5.41, 5.74) is 2.97. The van der Waals surface area contributed by atoms with Crippen LogP contribution in [-0.2, 0) is 11.3 Å². The molecular formula is C16H15N3OS. The van der Waals surface area contributed by atoms with Gasteiger partial charge in [0.2, 0.25) is 0 Å². The minimum absolute atomic E-state index is 0.434. The van der Waals surface area contributed by atoms with Crippen LogP contribution in [0.1, 0.15) is 12.7 Å². The second-order valence-corrected chi connectivity index (χ2v) is 5.05. The third-order valence-corrected chi connectivity index (χ3v) is 3.36. The maximum absolute atomic E-state index is 5.39. The zero-order valence-electron chi connectivity index (χ0n) is 11.7. The Balaban J connectivity index is 2.04. The van der Waals surface area contributed by atoms with E-state index in [0.717, 1.165) is 28.0 Å². The largest absolute Gasteiger partial charge is 0.374 e. The highest BCUT2D eigenvalue weighted by Crippen LogP contribution is 2.22. The first-order valence-electron chi connectivity index (χ1n) is 6.79. The average Bonchev–Trinajstić information content (AvgIpc) is 2.52. The highest BCUT2D eigenvalue weighted by Gasteiger charge is 2.04. The van der Waals surface area contributed by atoms with Gasteiger partial charge in [0.05, 0.1) is 5.52 Å². The molecule has 2 heterocycles. The molecule has 0 saturated carbocycles. The third-order valence-electron chi connectivity index (χ3n) is 3.15. The van der Waals surface area contributed by atoms with Gasteiger partial charge in [-0.1, -0.05) is 24.4 Å². The van der Waals surface area contributed by atoms with Crippen LogP contribution in [0.15, 0.2) is 42.6 Å². The molecule has 0 atom stereocenters. The second-order valence-electron chi connectivity index (χ2n) is 4.63. The van der Waals surface area contributed by atoms with Gasteiger partial charge in [0.15, 0.2) is 0 Å². The first kappa shape index (κ1) is 13.9. The Morgan fingerprint density at radius 3 is 3.00 bits per heavy atom. The van der Waals surface area contributed by atoms with Crippen LogP contribution >= 0.6 is 12.2 Å². The SMILES string of the molecule is CCOCc1nc(=S)cc(-c2ccc3ncccc3c2)[nH]1. The molecule has 0 radical (unpaired) electrons. The molecule has 0 aliphatic carbocycles. The molecule has 5 heteroatoms. The lowest BCUT2D eigenvalue weighted by atomic mass is 10.1. The van der Waals surface area contributed by atoms with Crippen LogP contribution in [-0.4, -0.2) is 21.6 Å². The van der Waals surface area contributed by atoms with Crippen molar-refractivity contribution in [3.05, 3.63) is 53.1 Å². The number of pyridine rings is 1. The zero-order chi connectivity index (χ0) is 14.7. The number of nitrogens with one attached hydrogen (secondary N) is 1. The summed E-state index contributed by atoms with van der Waals surface area (Å²) in [6, 6.07) is 12.0. The molecule has 2 aromatic heterocycles. The summed E-state index contributed by atoms with van der Waals surface area (Å²) in [6.07, 6.45) is 1.79. The molecule has 106 valence electrons. The molecule has 0 saturated heterocycles. The molecule has 0 aliphatic rings. The number of aromatic amines is 1. The fourth-order valence-electron chi connectivity index (χ4n) is 2.17. The van der Waals surface area contributed by atoms with E-state index in [-0.39, 0.29) is 0 Å². The van der Waals surface area contributed by atoms with Crippen LogP contribution in [0.25, 0.3) is 22.2 Å². The van der Waals surface area contributed by atoms with Crippen molar-refractivity contribution in [1.82, 2.24) is 15.0 Å². The fourth-order valence-corrected chi connectivity index (χ4v) is 2.40. The topological polar surface area (TPSA) is 50.8 Å². The van der Waals surface area contributed by atoms with Crippen molar-refractivity contribution >= 4 is 23.1 Å². The van der Waals surface area contributed by atoms with E-state index in [2.05, 4.69) is 21.0 Å². The zero-order valence-corrected chi connectivity index (χ0v) is 12.5. The summed E-state index contributed by atoms with van der Waals surface area (Å²) in [5, 5.41) is 1.09. The molecule has 0 unspecified atom stereocenters. The molecule has 3 aromatic rings. The first-order valence-corrected chi connectivity index (χ1v) is 7.20. The Labute approximate surface area is 127 Å². The average molecular weight is 297 g/mol. The van der Waals surface area contributed by atoms with Crippen molar-refractivity contribution < 1.29 is 4.74 Å². The van der Waals surface area contributed by atoms with Crippen molar-refractivity contribution in [3.8, 4) is 11.3 Å². The Morgan fingerprint density at radius 2 is 2.14 bits per heavy atom. The lowest BCUT2D eigenvalue weighted by molar-refractivity contribution is 0.128. The van der Waals surface area contributed by atoms with Gasteiger partial charge in [-0.25, -0.2) is 4.98 Å². The molecule has 21 heavy (non-hydrogen) atoms. The van der Waals surface area contributed by atoms with Gasteiger partial charge in [-0.3, -0.25) is 4.98 Å². The van der Waals surface area contributed by atoms with E-state index < -0.39 is 0 Å². The number of rotatable bonds is 4. The molecule has 0 spiro atoms. The number of H-pyrrole nitrogens is 1. The summed E-state index contributed by atoms with van der Waals surface area (Å²) >= 11 is 5.23. The molecule has 1 aromatic carbocycles. The van der Waals surface area contributed by atoms with E-state index in [1.165, 1.54) is 0 Å². The molecule has 1 N–H and O–H groups in total. The quantitative estimate of drug-likeness (QED) is 0.742. The van der Waals surface area contributed by atoms with Crippen LogP contribution in [0.5, 0.6) is 0 Å². The standard InChI is InChI=1S/C16H15N3OS/c1-2-20-10-15-18-14(9-16(21)19-15)12-5-6-13-11(8-12)4-3-7-17-13/h3-9H,2,10H2,1H3,(H,18,19,21). The minimum atomic E-state index is 0.434. The van der Waals surface area contributed by atoms with Crippen molar-refractivity contribution in [2.75, 3.05) is 6.61 Å². The van der Waals surface area contributed by atoms with Crippen LogP contribution in [0.3, 0.4) is 0 Å².